The van der Waals surface area contributed by atoms with Crippen molar-refractivity contribution in [2.24, 2.45) is 0 Å². The third-order valence-electron chi connectivity index (χ3n) is 6.91. The Kier molecular flexibility index (Phi) is 7.69. The fourth-order valence-electron chi connectivity index (χ4n) is 4.92. The van der Waals surface area contributed by atoms with Gasteiger partial charge in [-0.1, -0.05) is 74.6 Å². The van der Waals surface area contributed by atoms with Gasteiger partial charge in [-0.3, -0.25) is 9.59 Å². The van der Waals surface area contributed by atoms with E-state index in [2.05, 4.69) is 19.1 Å². The topological polar surface area (TPSA) is 49.9 Å². The van der Waals surface area contributed by atoms with E-state index in [0.29, 0.717) is 13.2 Å². The highest BCUT2D eigenvalue weighted by molar-refractivity contribution is 5.95. The third kappa shape index (κ3) is 5.58. The Hall–Kier alpha value is -2.82. The van der Waals surface area contributed by atoms with Crippen LogP contribution in [0.3, 0.4) is 0 Å². The Balaban J connectivity index is 1.60. The van der Waals surface area contributed by atoms with E-state index in [-0.39, 0.29) is 24.4 Å². The molecule has 1 aliphatic carbocycles. The second-order valence-corrected chi connectivity index (χ2v) is 9.44. The van der Waals surface area contributed by atoms with Crippen molar-refractivity contribution in [3.05, 3.63) is 65.2 Å². The number of nitrogens with zero attached hydrogens (tertiary/aromatic N) is 2. The number of rotatable bonds is 8. The predicted octanol–water partition coefficient (Wildman–Crippen LogP) is 5.42. The first-order chi connectivity index (χ1) is 16.1. The summed E-state index contributed by atoms with van der Waals surface area (Å²) in [5, 5.41) is 0. The van der Waals surface area contributed by atoms with Crippen LogP contribution in [-0.4, -0.2) is 40.8 Å². The van der Waals surface area contributed by atoms with Crippen LogP contribution in [0.25, 0.3) is 0 Å². The molecule has 5 nitrogen and oxygen atoms in total. The SMILES string of the molecule is CCCCOc1ccc([C@H]2C(=O)N(C3CCCCC3)CC(=O)N2Cc2ccc(C)cc2)cc1. The lowest BCUT2D eigenvalue weighted by atomic mass is 9.91. The number of hydrogen-bond donors (Lipinski definition) is 0. The largest absolute Gasteiger partial charge is 0.494 e. The lowest BCUT2D eigenvalue weighted by Gasteiger charge is -2.44. The maximum Gasteiger partial charge on any atom is 0.250 e. The number of benzene rings is 2. The maximum absolute atomic E-state index is 13.8. The van der Waals surface area contributed by atoms with Gasteiger partial charge in [0.15, 0.2) is 0 Å². The monoisotopic (exact) mass is 448 g/mol. The molecule has 1 atom stereocenters. The number of piperazine rings is 1. The van der Waals surface area contributed by atoms with Crippen molar-refractivity contribution in [3.63, 3.8) is 0 Å². The van der Waals surface area contributed by atoms with Gasteiger partial charge in [0.2, 0.25) is 5.91 Å². The van der Waals surface area contributed by atoms with E-state index in [0.717, 1.165) is 55.4 Å². The van der Waals surface area contributed by atoms with E-state index < -0.39 is 6.04 Å². The number of unbranched alkanes of at least 4 members (excludes halogenated alkanes) is 1. The second-order valence-electron chi connectivity index (χ2n) is 9.44. The van der Waals surface area contributed by atoms with E-state index >= 15 is 0 Å². The molecule has 0 bridgehead atoms. The third-order valence-corrected chi connectivity index (χ3v) is 6.91. The minimum atomic E-state index is -0.598. The molecule has 1 heterocycles. The molecule has 2 aliphatic rings. The zero-order chi connectivity index (χ0) is 23.2. The summed E-state index contributed by atoms with van der Waals surface area (Å²) in [6, 6.07) is 15.5. The van der Waals surface area contributed by atoms with Crippen molar-refractivity contribution >= 4 is 11.8 Å². The molecular formula is C28H36N2O3. The summed E-state index contributed by atoms with van der Waals surface area (Å²) in [6.07, 6.45) is 7.56. The van der Waals surface area contributed by atoms with Crippen molar-refractivity contribution in [1.82, 2.24) is 9.80 Å². The molecule has 2 aromatic carbocycles. The highest BCUT2D eigenvalue weighted by Gasteiger charge is 2.42. The summed E-state index contributed by atoms with van der Waals surface area (Å²) in [5.41, 5.74) is 3.07. The summed E-state index contributed by atoms with van der Waals surface area (Å²) in [7, 11) is 0. The number of amides is 2. The molecule has 0 N–H and O–H groups in total. The standard InChI is InChI=1S/C28H36N2O3/c1-3-4-18-33-25-16-14-23(15-17-25)27-28(32)29(24-8-6-5-7-9-24)20-26(31)30(27)19-22-12-10-21(2)11-13-22/h10-17,24,27H,3-9,18-20H2,1-2H3/t27-/m0/s1. The van der Waals surface area contributed by atoms with E-state index in [9.17, 15) is 9.59 Å². The quantitative estimate of drug-likeness (QED) is 0.507. The molecule has 2 fully saturated rings. The van der Waals surface area contributed by atoms with Gasteiger partial charge < -0.3 is 14.5 Å². The molecule has 0 aromatic heterocycles. The Morgan fingerprint density at radius 2 is 1.64 bits per heavy atom. The van der Waals surface area contributed by atoms with Gasteiger partial charge in [0.25, 0.3) is 5.91 Å². The van der Waals surface area contributed by atoms with Crippen LogP contribution in [-0.2, 0) is 16.1 Å². The zero-order valence-electron chi connectivity index (χ0n) is 20.0. The highest BCUT2D eigenvalue weighted by Crippen LogP contribution is 2.34. The molecule has 0 spiro atoms. The summed E-state index contributed by atoms with van der Waals surface area (Å²) < 4.78 is 5.81. The van der Waals surface area contributed by atoms with Gasteiger partial charge >= 0.3 is 0 Å². The van der Waals surface area contributed by atoms with Gasteiger partial charge in [-0.15, -0.1) is 0 Å². The molecule has 1 aliphatic heterocycles. The fourth-order valence-corrected chi connectivity index (χ4v) is 4.92. The van der Waals surface area contributed by atoms with Crippen LogP contribution < -0.4 is 4.74 Å². The number of aryl methyl sites for hydroxylation is 1. The van der Waals surface area contributed by atoms with Crippen molar-refractivity contribution < 1.29 is 14.3 Å². The molecule has 2 aromatic rings. The lowest BCUT2D eigenvalue weighted by Crippen LogP contribution is -2.58. The van der Waals surface area contributed by atoms with E-state index in [1.165, 1.54) is 12.0 Å². The molecule has 1 saturated carbocycles. The first kappa shape index (κ1) is 23.3. The molecular weight excluding hydrogens is 412 g/mol. The van der Waals surface area contributed by atoms with Gasteiger partial charge in [0, 0.05) is 12.6 Å². The minimum Gasteiger partial charge on any atom is -0.494 e. The van der Waals surface area contributed by atoms with Crippen LogP contribution in [0.4, 0.5) is 0 Å². The van der Waals surface area contributed by atoms with Crippen molar-refractivity contribution in [2.45, 2.75) is 77.4 Å². The van der Waals surface area contributed by atoms with Gasteiger partial charge in [0.1, 0.15) is 18.3 Å². The Morgan fingerprint density at radius 3 is 2.30 bits per heavy atom. The van der Waals surface area contributed by atoms with Crippen molar-refractivity contribution in [2.75, 3.05) is 13.2 Å². The Morgan fingerprint density at radius 1 is 0.939 bits per heavy atom. The Bertz CT molecular complexity index is 933. The first-order valence-electron chi connectivity index (χ1n) is 12.4. The molecule has 4 rings (SSSR count). The fraction of sp³-hybridized carbons (Fsp3) is 0.500. The average Bonchev–Trinajstić information content (AvgIpc) is 2.84. The number of carbonyl (C=O) groups excluding carboxylic acids is 2. The maximum atomic E-state index is 13.8. The second kappa shape index (κ2) is 10.9. The zero-order valence-corrected chi connectivity index (χ0v) is 20.0. The molecule has 33 heavy (non-hydrogen) atoms. The van der Waals surface area contributed by atoms with Crippen LogP contribution in [0.1, 0.15) is 74.6 Å². The van der Waals surface area contributed by atoms with Crippen LogP contribution in [0.15, 0.2) is 48.5 Å². The first-order valence-corrected chi connectivity index (χ1v) is 12.4. The van der Waals surface area contributed by atoms with Crippen LogP contribution in [0.2, 0.25) is 0 Å². The molecule has 176 valence electrons. The van der Waals surface area contributed by atoms with Crippen molar-refractivity contribution in [1.29, 1.82) is 0 Å². The van der Waals surface area contributed by atoms with Crippen LogP contribution >= 0.6 is 0 Å². The van der Waals surface area contributed by atoms with E-state index in [4.69, 9.17) is 4.74 Å². The summed E-state index contributed by atoms with van der Waals surface area (Å²) >= 11 is 0. The van der Waals surface area contributed by atoms with E-state index in [1.54, 1.807) is 4.90 Å². The lowest BCUT2D eigenvalue weighted by molar-refractivity contribution is -0.160. The number of carbonyl (C=O) groups is 2. The summed E-state index contributed by atoms with van der Waals surface area (Å²) in [4.78, 5) is 30.8. The molecule has 5 heteroatoms. The van der Waals surface area contributed by atoms with Gasteiger partial charge in [-0.25, -0.2) is 0 Å². The molecule has 1 saturated heterocycles. The van der Waals surface area contributed by atoms with Gasteiger partial charge in [-0.2, -0.15) is 0 Å². The summed E-state index contributed by atoms with van der Waals surface area (Å²) in [5.74, 6) is 0.873. The van der Waals surface area contributed by atoms with E-state index in [1.807, 2.05) is 48.2 Å². The highest BCUT2D eigenvalue weighted by atomic mass is 16.5. The Labute approximate surface area is 197 Å². The molecule has 0 unspecified atom stereocenters. The number of ether oxygens (including phenoxy) is 1. The van der Waals surface area contributed by atoms with Gasteiger partial charge in [-0.05, 0) is 49.4 Å². The van der Waals surface area contributed by atoms with Crippen molar-refractivity contribution in [3.8, 4) is 5.75 Å². The number of hydrogen-bond acceptors (Lipinski definition) is 3. The normalized spacial score (nSPS) is 19.8. The molecule has 0 radical (unpaired) electrons. The smallest absolute Gasteiger partial charge is 0.250 e. The van der Waals surface area contributed by atoms with Crippen LogP contribution in [0.5, 0.6) is 5.75 Å². The molecule has 2 amide bonds. The minimum absolute atomic E-state index is 0.0222. The average molecular weight is 449 g/mol. The van der Waals surface area contributed by atoms with Crippen LogP contribution in [0, 0.1) is 6.92 Å². The summed E-state index contributed by atoms with van der Waals surface area (Å²) in [6.45, 7) is 5.49. The van der Waals surface area contributed by atoms with Gasteiger partial charge in [0.05, 0.1) is 6.61 Å². The predicted molar refractivity (Wildman–Crippen MR) is 130 cm³/mol.